The van der Waals surface area contributed by atoms with Crippen LogP contribution in [-0.2, 0) is 11.1 Å². The number of carbonyl (C=O) groups is 1. The van der Waals surface area contributed by atoms with Gasteiger partial charge in [0.05, 0.1) is 27.1 Å². The molecule has 4 aromatic carbocycles. The molecular formula is C35H25N3O4S. The second kappa shape index (κ2) is 7.69. The molecule has 2 bridgehead atoms. The Balaban J connectivity index is 1.38. The average molecular weight is 584 g/mol. The summed E-state index contributed by atoms with van der Waals surface area (Å²) in [5, 5.41) is 28.7. The minimum Gasteiger partial charge on any atom is -0.382 e. The Morgan fingerprint density at radius 1 is 0.953 bits per heavy atom. The van der Waals surface area contributed by atoms with Gasteiger partial charge in [0.1, 0.15) is 5.60 Å². The maximum atomic E-state index is 15.6. The summed E-state index contributed by atoms with van der Waals surface area (Å²) in [5.74, 6) is 0.649. The molecule has 6 atom stereocenters. The van der Waals surface area contributed by atoms with Crippen LogP contribution in [0.3, 0.4) is 0 Å². The molecule has 2 spiro atoms. The molecule has 1 saturated carbocycles. The number of carbonyl (C=O) groups excluding carboxylic acids is 1. The van der Waals surface area contributed by atoms with Gasteiger partial charge in [-0.25, -0.2) is 0 Å². The number of hydrogen-bond acceptors (Lipinski definition) is 7. The molecule has 10 rings (SSSR count). The van der Waals surface area contributed by atoms with Crippen molar-refractivity contribution in [2.24, 2.45) is 5.41 Å². The number of aliphatic hydroxyl groups is 1. The number of pyridine rings is 1. The molecule has 3 aliphatic carbocycles. The number of nitro benzene ring substituents is 1. The fraction of sp³-hybridized carbons (Fsp3) is 0.257. The molecule has 1 N–H and O–H groups in total. The van der Waals surface area contributed by atoms with Crippen molar-refractivity contribution < 1.29 is 14.8 Å². The van der Waals surface area contributed by atoms with Crippen LogP contribution in [0.5, 0.6) is 0 Å². The minimum absolute atomic E-state index is 0.00589. The zero-order valence-electron chi connectivity index (χ0n) is 22.9. The van der Waals surface area contributed by atoms with Gasteiger partial charge in [-0.15, -0.1) is 11.8 Å². The number of fused-ring (bicyclic) bond motifs is 7. The molecule has 0 radical (unpaired) electrons. The zero-order valence-corrected chi connectivity index (χ0v) is 23.8. The van der Waals surface area contributed by atoms with E-state index in [0.29, 0.717) is 23.6 Å². The van der Waals surface area contributed by atoms with Gasteiger partial charge in [0.2, 0.25) is 0 Å². The molecule has 1 aromatic heterocycles. The summed E-state index contributed by atoms with van der Waals surface area (Å²) in [5.41, 5.74) is 1.17. The highest BCUT2D eigenvalue weighted by molar-refractivity contribution is 7.99. The van der Waals surface area contributed by atoms with Gasteiger partial charge in [-0.1, -0.05) is 66.7 Å². The third-order valence-electron chi connectivity index (χ3n) is 11.4. The maximum absolute atomic E-state index is 15.6. The largest absolute Gasteiger partial charge is 0.382 e. The van der Waals surface area contributed by atoms with E-state index >= 15 is 4.79 Å². The van der Waals surface area contributed by atoms with Crippen molar-refractivity contribution in [1.29, 1.82) is 0 Å². The van der Waals surface area contributed by atoms with E-state index in [-0.39, 0.29) is 28.4 Å². The van der Waals surface area contributed by atoms with Crippen LogP contribution in [0.4, 0.5) is 5.69 Å². The quantitative estimate of drug-likeness (QED) is 0.194. The molecule has 1 unspecified atom stereocenters. The fourth-order valence-corrected chi connectivity index (χ4v) is 11.5. The van der Waals surface area contributed by atoms with Crippen molar-refractivity contribution in [3.8, 4) is 0 Å². The monoisotopic (exact) mass is 583 g/mol. The van der Waals surface area contributed by atoms with Gasteiger partial charge in [-0.2, -0.15) is 0 Å². The number of nitrogens with zero attached hydrogens (tertiary/aromatic N) is 3. The second-order valence-electron chi connectivity index (χ2n) is 12.7. The Labute approximate surface area is 250 Å². The van der Waals surface area contributed by atoms with E-state index in [1.807, 2.05) is 54.6 Å². The van der Waals surface area contributed by atoms with E-state index in [2.05, 4.69) is 23.1 Å². The highest BCUT2D eigenvalue weighted by atomic mass is 32.2. The molecule has 8 heteroatoms. The van der Waals surface area contributed by atoms with Crippen molar-refractivity contribution in [3.63, 3.8) is 0 Å². The normalized spacial score (nSPS) is 33.0. The first-order valence-corrected chi connectivity index (χ1v) is 15.9. The minimum atomic E-state index is -1.43. The third-order valence-corrected chi connectivity index (χ3v) is 12.4. The molecule has 2 saturated heterocycles. The SMILES string of the molecule is O=C1c2cc3ccccc3nc2[C@@H]2C[C@]13[C@@H](c1cccc([N+](=O)[O-])c1)C1CSCN1[C@]31c3cccc4cccc(c34)[C@]21O. The predicted octanol–water partition coefficient (Wildman–Crippen LogP) is 6.24. The van der Waals surface area contributed by atoms with Crippen LogP contribution in [0.15, 0.2) is 91.0 Å². The Morgan fingerprint density at radius 3 is 2.56 bits per heavy atom. The van der Waals surface area contributed by atoms with Crippen molar-refractivity contribution in [2.45, 2.75) is 35.4 Å². The van der Waals surface area contributed by atoms with E-state index in [1.54, 1.807) is 23.9 Å². The highest BCUT2D eigenvalue weighted by Gasteiger charge is 2.88. The van der Waals surface area contributed by atoms with Crippen LogP contribution in [0.25, 0.3) is 21.7 Å². The van der Waals surface area contributed by atoms with E-state index in [9.17, 15) is 15.2 Å². The van der Waals surface area contributed by atoms with Crippen LogP contribution >= 0.6 is 11.8 Å². The third kappa shape index (κ3) is 2.42. The lowest BCUT2D eigenvalue weighted by Crippen LogP contribution is -2.59. The predicted molar refractivity (Wildman–Crippen MR) is 164 cm³/mol. The Morgan fingerprint density at radius 2 is 1.72 bits per heavy atom. The summed E-state index contributed by atoms with van der Waals surface area (Å²) in [6.45, 7) is 0. The Hall–Kier alpha value is -4.11. The zero-order chi connectivity index (χ0) is 28.9. The van der Waals surface area contributed by atoms with Gasteiger partial charge in [-0.05, 0) is 46.0 Å². The lowest BCUT2D eigenvalue weighted by molar-refractivity contribution is -0.384. The Kier molecular flexibility index (Phi) is 4.35. The standard InChI is InChI=1S/C35H25N3O4S/c39-32-23-15-20-6-1-2-13-27(20)36-31(23)26-16-33(32)30(21-9-3-10-22(14-21)38(41)42)28-17-43-18-37(28)35(33)25-12-5-8-19-7-4-11-24(29(19)25)34(26,35)40/h1-15,26,28,30,40H,16-18H2/t26-,28?,30-,33-,34-,35+/m0/s1. The molecule has 5 aliphatic rings. The number of benzene rings is 4. The first kappa shape index (κ1) is 24.3. The lowest BCUT2D eigenvalue weighted by atomic mass is 9.57. The van der Waals surface area contributed by atoms with Crippen LogP contribution in [0.2, 0.25) is 0 Å². The van der Waals surface area contributed by atoms with Gasteiger partial charge in [0, 0.05) is 52.6 Å². The van der Waals surface area contributed by atoms with Gasteiger partial charge in [0.25, 0.3) is 5.69 Å². The van der Waals surface area contributed by atoms with Crippen molar-refractivity contribution in [2.75, 3.05) is 11.6 Å². The van der Waals surface area contributed by atoms with Gasteiger partial charge < -0.3 is 5.11 Å². The van der Waals surface area contributed by atoms with E-state index in [0.717, 1.165) is 44.1 Å². The smallest absolute Gasteiger partial charge is 0.269 e. The fourth-order valence-electron chi connectivity index (χ4n) is 10.2. The van der Waals surface area contributed by atoms with Gasteiger partial charge in [0.15, 0.2) is 5.78 Å². The topological polar surface area (TPSA) is 96.6 Å². The van der Waals surface area contributed by atoms with Gasteiger partial charge in [-0.3, -0.25) is 24.8 Å². The number of hydrogen-bond donors (Lipinski definition) is 1. The number of non-ortho nitro benzene ring substituents is 1. The van der Waals surface area contributed by atoms with Crippen molar-refractivity contribution in [3.05, 3.63) is 129 Å². The summed E-state index contributed by atoms with van der Waals surface area (Å²) in [6, 6.07) is 29.0. The molecule has 3 fully saturated rings. The number of rotatable bonds is 2. The summed E-state index contributed by atoms with van der Waals surface area (Å²) in [4.78, 5) is 34.7. The summed E-state index contributed by atoms with van der Waals surface area (Å²) >= 11 is 1.81. The van der Waals surface area contributed by atoms with E-state index in [4.69, 9.17) is 4.98 Å². The Bertz CT molecular complexity index is 2130. The number of Topliss-reactive ketones (excluding diaryl/α,β-unsaturated/α-hetero) is 1. The molecule has 0 amide bonds. The number of nitro groups is 1. The highest BCUT2D eigenvalue weighted by Crippen LogP contribution is 2.83. The summed E-state index contributed by atoms with van der Waals surface area (Å²) < 4.78 is 0. The van der Waals surface area contributed by atoms with E-state index in [1.165, 1.54) is 6.07 Å². The number of ketones is 1. The molecular weight excluding hydrogens is 558 g/mol. The number of thioether (sulfide) groups is 1. The number of para-hydroxylation sites is 1. The second-order valence-corrected chi connectivity index (χ2v) is 13.7. The first-order valence-electron chi connectivity index (χ1n) is 14.7. The van der Waals surface area contributed by atoms with E-state index < -0.39 is 22.5 Å². The first-order chi connectivity index (χ1) is 20.9. The van der Waals surface area contributed by atoms with Crippen LogP contribution in [-0.4, -0.2) is 43.4 Å². The van der Waals surface area contributed by atoms with Crippen LogP contribution in [0.1, 0.15) is 51.0 Å². The molecule has 210 valence electrons. The molecule has 43 heavy (non-hydrogen) atoms. The van der Waals surface area contributed by atoms with Crippen molar-refractivity contribution in [1.82, 2.24) is 9.88 Å². The lowest BCUT2D eigenvalue weighted by Gasteiger charge is -2.49. The summed E-state index contributed by atoms with van der Waals surface area (Å²) in [6.07, 6.45) is 0.427. The molecule has 3 heterocycles. The molecule has 7 nitrogen and oxygen atoms in total. The summed E-state index contributed by atoms with van der Waals surface area (Å²) in [7, 11) is 0. The molecule has 5 aromatic rings. The molecule has 2 aliphatic heterocycles. The van der Waals surface area contributed by atoms with Crippen LogP contribution in [0, 0.1) is 15.5 Å². The average Bonchev–Trinajstić information content (AvgIpc) is 3.70. The van der Waals surface area contributed by atoms with Gasteiger partial charge >= 0.3 is 0 Å². The van der Waals surface area contributed by atoms with Crippen molar-refractivity contribution >= 4 is 44.9 Å². The number of aromatic nitrogens is 1. The van der Waals surface area contributed by atoms with Crippen LogP contribution < -0.4 is 0 Å². The maximum Gasteiger partial charge on any atom is 0.269 e.